The second-order valence-corrected chi connectivity index (χ2v) is 8.78. The number of aromatic nitrogens is 1. The van der Waals surface area contributed by atoms with Gasteiger partial charge in [-0.15, -0.1) is 0 Å². The minimum atomic E-state index is -1.10. The van der Waals surface area contributed by atoms with Gasteiger partial charge >= 0.3 is 12.1 Å². The van der Waals surface area contributed by atoms with E-state index in [1.807, 2.05) is 0 Å². The minimum absolute atomic E-state index is 0.0101. The number of nitrogens with zero attached hydrogens (tertiary/aromatic N) is 1. The van der Waals surface area contributed by atoms with Crippen molar-refractivity contribution in [2.75, 3.05) is 7.11 Å². The van der Waals surface area contributed by atoms with Crippen LogP contribution in [-0.2, 0) is 31.9 Å². The molecule has 0 fully saturated rings. The van der Waals surface area contributed by atoms with Crippen molar-refractivity contribution in [1.82, 2.24) is 9.88 Å². The van der Waals surface area contributed by atoms with Gasteiger partial charge < -0.3 is 14.8 Å². The summed E-state index contributed by atoms with van der Waals surface area (Å²) in [7, 11) is 1.19. The number of rotatable bonds is 6. The number of methoxy groups -OCH3 is 1. The monoisotopic (exact) mass is 472 g/mol. The second kappa shape index (κ2) is 10.0. The average Bonchev–Trinajstić information content (AvgIpc) is 3.12. The molecule has 1 aromatic heterocycles. The maximum atomic E-state index is 13.9. The molecule has 0 bridgehead atoms. The number of esters is 1. The maximum Gasteiger partial charge on any atom is 0.419 e. The minimum Gasteiger partial charge on any atom is -0.467 e. The number of hydrogen-bond acceptors (Lipinski definition) is 5. The molecule has 0 aliphatic heterocycles. The van der Waals surface area contributed by atoms with Gasteiger partial charge in [0.05, 0.1) is 19.0 Å². The molecule has 3 aromatic rings. The molecule has 0 aliphatic rings. The quantitative estimate of drug-likeness (QED) is 0.545. The summed E-state index contributed by atoms with van der Waals surface area (Å²) in [6.07, 6.45) is 0.598. The molecule has 1 heterocycles. The first-order valence-corrected chi connectivity index (χ1v) is 10.6. The highest BCUT2D eigenvalue weighted by atomic mass is 19.1. The van der Waals surface area contributed by atoms with E-state index in [0.717, 1.165) is 6.07 Å². The van der Waals surface area contributed by atoms with Gasteiger partial charge in [0, 0.05) is 24.1 Å². The van der Waals surface area contributed by atoms with Crippen molar-refractivity contribution in [1.29, 1.82) is 0 Å². The number of amides is 1. The Morgan fingerprint density at radius 3 is 2.41 bits per heavy atom. The zero-order chi connectivity index (χ0) is 25.0. The van der Waals surface area contributed by atoms with Crippen molar-refractivity contribution >= 4 is 28.9 Å². The van der Waals surface area contributed by atoms with Gasteiger partial charge in [0.2, 0.25) is 5.91 Å². The number of benzene rings is 2. The summed E-state index contributed by atoms with van der Waals surface area (Å²) in [5.41, 5.74) is 0.463. The Hall–Kier alpha value is -3.75. The molecule has 7 nitrogen and oxygen atoms in total. The van der Waals surface area contributed by atoms with Crippen LogP contribution < -0.4 is 5.32 Å². The number of hydrogen-bond donors (Lipinski definition) is 1. The van der Waals surface area contributed by atoms with E-state index in [2.05, 4.69) is 5.32 Å². The first-order chi connectivity index (χ1) is 16.0. The van der Waals surface area contributed by atoms with Crippen LogP contribution in [0, 0.1) is 11.6 Å². The fraction of sp³-hybridized carbons (Fsp3) is 0.320. The standard InChI is InChI=1S/C25H26F2N2O5/c1-25(2,3)34-24(32)29-14-16(18-7-5-6-8-21(18)29)11-20(23(31)33-4)28-22(30)12-15-9-10-17(26)13-19(15)27/h5-10,13-14,20H,11-12H2,1-4H3,(H,28,30)/t20-/m0/s1. The van der Waals surface area contributed by atoms with Crippen LogP contribution in [0.2, 0.25) is 0 Å². The lowest BCUT2D eigenvalue weighted by Gasteiger charge is -2.19. The molecular weight excluding hydrogens is 446 g/mol. The van der Waals surface area contributed by atoms with Crippen LogP contribution >= 0.6 is 0 Å². The summed E-state index contributed by atoms with van der Waals surface area (Å²) in [4.78, 5) is 37.7. The zero-order valence-corrected chi connectivity index (χ0v) is 19.4. The molecular formula is C25H26F2N2O5. The van der Waals surface area contributed by atoms with E-state index in [-0.39, 0.29) is 18.4 Å². The van der Waals surface area contributed by atoms with Crippen LogP contribution in [0.4, 0.5) is 13.6 Å². The summed E-state index contributed by atoms with van der Waals surface area (Å²) in [5.74, 6) is -2.96. The van der Waals surface area contributed by atoms with Crippen LogP contribution in [-0.4, -0.2) is 41.3 Å². The largest absolute Gasteiger partial charge is 0.467 e. The molecule has 0 saturated carbocycles. The van der Waals surface area contributed by atoms with Crippen LogP contribution in [0.1, 0.15) is 31.9 Å². The SMILES string of the molecule is COC(=O)[C@H](Cc1cn(C(=O)OC(C)(C)C)c2ccccc12)NC(=O)Cc1ccc(F)cc1F. The highest BCUT2D eigenvalue weighted by Crippen LogP contribution is 2.24. The molecule has 0 spiro atoms. The summed E-state index contributed by atoms with van der Waals surface area (Å²) in [6, 6.07) is 8.89. The lowest BCUT2D eigenvalue weighted by atomic mass is 10.0. The van der Waals surface area contributed by atoms with E-state index in [1.165, 1.54) is 17.7 Å². The highest BCUT2D eigenvalue weighted by molar-refractivity contribution is 5.93. The molecule has 180 valence electrons. The number of carbonyl (C=O) groups is 3. The van der Waals surface area contributed by atoms with E-state index in [4.69, 9.17) is 9.47 Å². The predicted octanol–water partition coefficient (Wildman–Crippen LogP) is 4.15. The molecule has 1 amide bonds. The van der Waals surface area contributed by atoms with Crippen molar-refractivity contribution in [2.24, 2.45) is 0 Å². The lowest BCUT2D eigenvalue weighted by molar-refractivity contribution is -0.145. The van der Waals surface area contributed by atoms with Gasteiger partial charge in [-0.25, -0.2) is 18.4 Å². The van der Waals surface area contributed by atoms with Crippen molar-refractivity contribution in [3.8, 4) is 0 Å². The topological polar surface area (TPSA) is 86.6 Å². The van der Waals surface area contributed by atoms with E-state index in [0.29, 0.717) is 22.5 Å². The van der Waals surface area contributed by atoms with Gasteiger partial charge in [0.15, 0.2) is 0 Å². The van der Waals surface area contributed by atoms with Gasteiger partial charge in [-0.2, -0.15) is 0 Å². The Morgan fingerprint density at radius 1 is 1.06 bits per heavy atom. The van der Waals surface area contributed by atoms with E-state index >= 15 is 0 Å². The third kappa shape index (κ3) is 5.98. The highest BCUT2D eigenvalue weighted by Gasteiger charge is 2.26. The Bertz CT molecular complexity index is 1230. The molecule has 34 heavy (non-hydrogen) atoms. The second-order valence-electron chi connectivity index (χ2n) is 8.78. The van der Waals surface area contributed by atoms with Gasteiger partial charge in [-0.1, -0.05) is 24.3 Å². The average molecular weight is 472 g/mol. The summed E-state index contributed by atoms with van der Waals surface area (Å²) >= 11 is 0. The van der Waals surface area contributed by atoms with Crippen LogP contribution in [0.15, 0.2) is 48.7 Å². The van der Waals surface area contributed by atoms with Crippen molar-refractivity contribution < 1.29 is 32.6 Å². The Balaban J connectivity index is 1.86. The number of halogens is 2. The Kier molecular flexibility index (Phi) is 7.34. The normalized spacial score (nSPS) is 12.3. The fourth-order valence-corrected chi connectivity index (χ4v) is 3.51. The number of nitrogens with one attached hydrogen (secondary N) is 1. The van der Waals surface area contributed by atoms with Crippen LogP contribution in [0.3, 0.4) is 0 Å². The van der Waals surface area contributed by atoms with Crippen LogP contribution in [0.5, 0.6) is 0 Å². The summed E-state index contributed by atoms with van der Waals surface area (Å²) < 4.78 is 38.7. The van der Waals surface area contributed by atoms with Crippen LogP contribution in [0.25, 0.3) is 10.9 Å². The van der Waals surface area contributed by atoms with Gasteiger partial charge in [0.25, 0.3) is 0 Å². The first kappa shape index (κ1) is 24.9. The third-order valence-electron chi connectivity index (χ3n) is 5.00. The molecule has 1 atom stereocenters. The molecule has 0 unspecified atom stereocenters. The zero-order valence-electron chi connectivity index (χ0n) is 19.4. The number of fused-ring (bicyclic) bond motifs is 1. The molecule has 3 rings (SSSR count). The fourth-order valence-electron chi connectivity index (χ4n) is 3.51. The number of para-hydroxylation sites is 1. The molecule has 0 radical (unpaired) electrons. The molecule has 0 saturated heterocycles. The van der Waals surface area contributed by atoms with Crippen molar-refractivity contribution in [3.63, 3.8) is 0 Å². The van der Waals surface area contributed by atoms with Gasteiger partial charge in [-0.05, 0) is 44.0 Å². The molecule has 2 aromatic carbocycles. The van der Waals surface area contributed by atoms with Gasteiger partial charge in [-0.3, -0.25) is 9.36 Å². The van der Waals surface area contributed by atoms with Crippen molar-refractivity contribution in [3.05, 3.63) is 71.4 Å². The number of carbonyl (C=O) groups excluding carboxylic acids is 3. The molecule has 1 N–H and O–H groups in total. The smallest absolute Gasteiger partial charge is 0.419 e. The van der Waals surface area contributed by atoms with E-state index < -0.39 is 41.2 Å². The third-order valence-corrected chi connectivity index (χ3v) is 5.00. The van der Waals surface area contributed by atoms with Gasteiger partial charge in [0.1, 0.15) is 23.3 Å². The summed E-state index contributed by atoms with van der Waals surface area (Å²) in [6.45, 7) is 5.26. The predicted molar refractivity (Wildman–Crippen MR) is 121 cm³/mol. The first-order valence-electron chi connectivity index (χ1n) is 10.6. The molecule has 9 heteroatoms. The maximum absolute atomic E-state index is 13.9. The summed E-state index contributed by atoms with van der Waals surface area (Å²) in [5, 5.41) is 3.24. The van der Waals surface area contributed by atoms with Crippen molar-refractivity contribution in [2.45, 2.75) is 45.3 Å². The Labute approximate surface area is 195 Å². The van der Waals surface area contributed by atoms with E-state index in [9.17, 15) is 23.2 Å². The molecule has 0 aliphatic carbocycles. The Morgan fingerprint density at radius 2 is 1.76 bits per heavy atom. The lowest BCUT2D eigenvalue weighted by Crippen LogP contribution is -2.43. The van der Waals surface area contributed by atoms with E-state index in [1.54, 1.807) is 51.2 Å². The number of ether oxygens (including phenoxy) is 2.